The zero-order valence-corrected chi connectivity index (χ0v) is 29.8. The maximum Gasteiger partial charge on any atom is 0.303 e. The molecule has 0 saturated heterocycles. The molecule has 0 amide bonds. The fraction of sp³-hybridized carbons (Fsp3) is 0.317. The Kier molecular flexibility index (Phi) is 9.83. The van der Waals surface area contributed by atoms with Crippen molar-refractivity contribution in [1.29, 1.82) is 0 Å². The van der Waals surface area contributed by atoms with Crippen molar-refractivity contribution in [2.75, 3.05) is 0 Å². The van der Waals surface area contributed by atoms with Crippen molar-refractivity contribution in [3.8, 4) is 0 Å². The van der Waals surface area contributed by atoms with E-state index >= 15 is 0 Å². The van der Waals surface area contributed by atoms with Crippen LogP contribution < -0.4 is 0 Å². The zero-order valence-electron chi connectivity index (χ0n) is 29.8. The molecular weight excluding hydrogens is 644 g/mol. The number of aliphatic hydroxyl groups is 2. The second kappa shape index (κ2) is 14.1. The fourth-order valence-electron chi connectivity index (χ4n) is 7.46. The highest BCUT2D eigenvalue weighted by atomic mass is 16.4. The van der Waals surface area contributed by atoms with Crippen LogP contribution in [0.15, 0.2) is 54.6 Å². The summed E-state index contributed by atoms with van der Waals surface area (Å²) >= 11 is 0. The molecule has 2 aliphatic rings. The number of H-pyrrole nitrogens is 1. The average molecular weight is 689 g/mol. The predicted molar refractivity (Wildman–Crippen MR) is 200 cm³/mol. The van der Waals surface area contributed by atoms with Crippen molar-refractivity contribution in [3.63, 3.8) is 0 Å². The Hall–Kier alpha value is -5.32. The van der Waals surface area contributed by atoms with Crippen LogP contribution in [0.5, 0.6) is 0 Å². The molecule has 5 heterocycles. The Morgan fingerprint density at radius 1 is 0.725 bits per heavy atom. The summed E-state index contributed by atoms with van der Waals surface area (Å²) in [6, 6.07) is 17.8. The van der Waals surface area contributed by atoms with Gasteiger partial charge < -0.3 is 30.0 Å². The minimum Gasteiger partial charge on any atom is -0.481 e. The number of aliphatic hydroxyl groups excluding tert-OH is 2. The summed E-state index contributed by atoms with van der Waals surface area (Å²) in [4.78, 5) is 37.1. The standard InChI is InChI=1S/C41H44N4O6/c1-21-28(12-14-38(48)49)33-17-34-29(13-15-39(50)51)22(2)31(43-34)18-36-24(4)41(26(6)47)37(45(36)20-27-10-8-7-9-11-27)19-32-23(3)40(25(5)46)35(44-32)16-30(21)42-33/h7-11,16-19,25-26,42,46-47H,12-15,20H2,1-6H3,(H,48,49)(H,50,51). The maximum atomic E-state index is 11.8. The Balaban J connectivity index is 1.82. The number of hydrogen-bond donors (Lipinski definition) is 5. The molecule has 2 atom stereocenters. The first kappa shape index (κ1) is 35.5. The molecular formula is C41H44N4O6. The van der Waals surface area contributed by atoms with E-state index in [1.807, 2.05) is 70.2 Å². The number of aryl methyl sites for hydroxylation is 3. The molecule has 51 heavy (non-hydrogen) atoms. The number of carboxylic acid groups (broad SMARTS) is 2. The van der Waals surface area contributed by atoms with E-state index in [1.54, 1.807) is 13.8 Å². The predicted octanol–water partition coefficient (Wildman–Crippen LogP) is 7.63. The van der Waals surface area contributed by atoms with Crippen LogP contribution in [0.25, 0.3) is 44.4 Å². The second-order valence-corrected chi connectivity index (χ2v) is 13.6. The van der Waals surface area contributed by atoms with E-state index in [-0.39, 0.29) is 25.7 Å². The zero-order chi connectivity index (χ0) is 36.7. The molecule has 3 aromatic heterocycles. The number of aliphatic carboxylic acids is 2. The molecule has 0 radical (unpaired) electrons. The molecule has 0 aliphatic carbocycles. The second-order valence-electron chi connectivity index (χ2n) is 13.6. The van der Waals surface area contributed by atoms with Crippen molar-refractivity contribution in [2.45, 2.75) is 86.0 Å². The number of carboxylic acids is 2. The van der Waals surface area contributed by atoms with Crippen molar-refractivity contribution in [2.24, 2.45) is 0 Å². The minimum absolute atomic E-state index is 0.0749. The number of aromatic amines is 1. The van der Waals surface area contributed by atoms with Gasteiger partial charge in [-0.3, -0.25) is 9.59 Å². The molecule has 0 spiro atoms. The molecule has 2 unspecified atom stereocenters. The average Bonchev–Trinajstić information content (AvgIpc) is 3.71. The molecule has 5 N–H and O–H groups in total. The fourth-order valence-corrected chi connectivity index (χ4v) is 7.46. The van der Waals surface area contributed by atoms with Crippen molar-refractivity contribution < 1.29 is 30.0 Å². The monoisotopic (exact) mass is 688 g/mol. The lowest BCUT2D eigenvalue weighted by atomic mass is 9.99. The van der Waals surface area contributed by atoms with Crippen LogP contribution in [0.4, 0.5) is 0 Å². The lowest BCUT2D eigenvalue weighted by molar-refractivity contribution is -0.137. The number of fused-ring (bicyclic) bond motifs is 8. The molecule has 0 fully saturated rings. The van der Waals surface area contributed by atoms with Gasteiger partial charge in [0.25, 0.3) is 0 Å². The van der Waals surface area contributed by atoms with Crippen LogP contribution in [-0.4, -0.2) is 58.0 Å². The van der Waals surface area contributed by atoms with Gasteiger partial charge >= 0.3 is 11.9 Å². The van der Waals surface area contributed by atoms with Crippen molar-refractivity contribution in [1.82, 2.24) is 19.5 Å². The highest BCUT2D eigenvalue weighted by molar-refractivity contribution is 5.96. The third-order valence-electron chi connectivity index (χ3n) is 10.1. The van der Waals surface area contributed by atoms with Crippen LogP contribution in [0.3, 0.4) is 0 Å². The smallest absolute Gasteiger partial charge is 0.303 e. The van der Waals surface area contributed by atoms with Gasteiger partial charge in [0.05, 0.1) is 35.0 Å². The molecule has 10 heteroatoms. The van der Waals surface area contributed by atoms with E-state index in [0.717, 1.165) is 61.1 Å². The Bertz CT molecular complexity index is 2290. The van der Waals surface area contributed by atoms with Gasteiger partial charge in [0.15, 0.2) is 0 Å². The number of nitrogens with zero attached hydrogens (tertiary/aromatic N) is 3. The van der Waals surface area contributed by atoms with Crippen molar-refractivity contribution >= 4 is 56.3 Å². The summed E-state index contributed by atoms with van der Waals surface area (Å²) in [5.41, 5.74) is 13.0. The number of hydrogen-bond acceptors (Lipinski definition) is 6. The quantitative estimate of drug-likeness (QED) is 0.114. The number of benzene rings is 1. The van der Waals surface area contributed by atoms with Gasteiger partial charge in [0, 0.05) is 52.6 Å². The third kappa shape index (κ3) is 6.89. The molecule has 4 aromatic rings. The first-order valence-electron chi connectivity index (χ1n) is 17.2. The molecule has 10 nitrogen and oxygen atoms in total. The molecule has 8 bridgehead atoms. The Labute approximate surface area is 296 Å². The molecule has 0 saturated carbocycles. The maximum absolute atomic E-state index is 11.8. The molecule has 6 rings (SSSR count). The number of rotatable bonds is 10. The van der Waals surface area contributed by atoms with Crippen LogP contribution in [0, 0.1) is 13.8 Å². The van der Waals surface area contributed by atoms with E-state index in [2.05, 4.69) is 21.7 Å². The van der Waals surface area contributed by atoms with E-state index in [0.29, 0.717) is 40.4 Å². The Morgan fingerprint density at radius 3 is 1.98 bits per heavy atom. The van der Waals surface area contributed by atoms with Crippen LogP contribution in [0.2, 0.25) is 0 Å². The molecule has 264 valence electrons. The van der Waals surface area contributed by atoms with Gasteiger partial charge in [-0.15, -0.1) is 0 Å². The summed E-state index contributed by atoms with van der Waals surface area (Å²) in [6.45, 7) is 11.8. The van der Waals surface area contributed by atoms with Gasteiger partial charge in [-0.25, -0.2) is 9.97 Å². The topological polar surface area (TPSA) is 162 Å². The van der Waals surface area contributed by atoms with E-state index < -0.39 is 24.1 Å². The summed E-state index contributed by atoms with van der Waals surface area (Å²) in [7, 11) is 0. The van der Waals surface area contributed by atoms with Crippen LogP contribution >= 0.6 is 0 Å². The SMILES string of the molecule is CC1=C(CCC(=O)O)c2cc3[nH]c(cc4nc(cc5c(C(C)O)c(C)c(cc1n2)n5Cc1ccccc1)C(C)=C4C(C)O)c(C)c3CCC(=O)O. The number of aromatic nitrogens is 4. The van der Waals surface area contributed by atoms with E-state index in [1.165, 1.54) is 0 Å². The van der Waals surface area contributed by atoms with Gasteiger partial charge in [0.1, 0.15) is 0 Å². The van der Waals surface area contributed by atoms with E-state index in [9.17, 15) is 30.0 Å². The third-order valence-corrected chi connectivity index (χ3v) is 10.1. The van der Waals surface area contributed by atoms with Crippen LogP contribution in [-0.2, 0) is 22.6 Å². The van der Waals surface area contributed by atoms with Gasteiger partial charge in [-0.1, -0.05) is 30.3 Å². The normalized spacial score (nSPS) is 14.3. The lowest BCUT2D eigenvalue weighted by Gasteiger charge is -2.10. The van der Waals surface area contributed by atoms with Crippen molar-refractivity contribution in [3.05, 3.63) is 105 Å². The summed E-state index contributed by atoms with van der Waals surface area (Å²) < 4.78 is 2.16. The molecule has 1 aromatic carbocycles. The molecule has 2 aliphatic heterocycles. The number of nitrogens with one attached hydrogen (secondary N) is 1. The summed E-state index contributed by atoms with van der Waals surface area (Å²) in [6.07, 6.45) is -1.27. The Morgan fingerprint density at radius 2 is 1.33 bits per heavy atom. The highest BCUT2D eigenvalue weighted by Crippen LogP contribution is 2.39. The van der Waals surface area contributed by atoms with Gasteiger partial charge in [-0.05, 0) is 118 Å². The van der Waals surface area contributed by atoms with Gasteiger partial charge in [-0.2, -0.15) is 0 Å². The number of allylic oxidation sites excluding steroid dienone is 3. The highest BCUT2D eigenvalue weighted by Gasteiger charge is 2.25. The minimum atomic E-state index is -0.917. The lowest BCUT2D eigenvalue weighted by Crippen LogP contribution is -2.03. The largest absolute Gasteiger partial charge is 0.481 e. The summed E-state index contributed by atoms with van der Waals surface area (Å²) in [5.74, 6) is -1.83. The van der Waals surface area contributed by atoms with Crippen LogP contribution in [0.1, 0.15) is 104 Å². The first-order chi connectivity index (χ1) is 24.2. The van der Waals surface area contributed by atoms with E-state index in [4.69, 9.17) is 9.97 Å². The van der Waals surface area contributed by atoms with Gasteiger partial charge in [0.2, 0.25) is 0 Å². The summed E-state index contributed by atoms with van der Waals surface area (Å²) in [5, 5.41) is 41.5. The number of carbonyl (C=O) groups is 2. The first-order valence-corrected chi connectivity index (χ1v) is 17.2.